The van der Waals surface area contributed by atoms with Crippen LogP contribution in [0.2, 0.25) is 0 Å². The summed E-state index contributed by atoms with van der Waals surface area (Å²) in [5.74, 6) is 0.704. The summed E-state index contributed by atoms with van der Waals surface area (Å²) >= 11 is 0. The average molecular weight is 600 g/mol. The summed E-state index contributed by atoms with van der Waals surface area (Å²) in [7, 11) is 0. The van der Waals surface area contributed by atoms with Gasteiger partial charge < -0.3 is 4.57 Å². The summed E-state index contributed by atoms with van der Waals surface area (Å²) in [6, 6.07) is 62.0. The molecular weight excluding hydrogens is 571 g/mol. The van der Waals surface area contributed by atoms with Crippen molar-refractivity contribution in [1.82, 2.24) is 14.5 Å². The van der Waals surface area contributed by atoms with Gasteiger partial charge in [0.2, 0.25) is 0 Å². The van der Waals surface area contributed by atoms with Crippen LogP contribution in [0.4, 0.5) is 0 Å². The molecule has 3 heteroatoms. The van der Waals surface area contributed by atoms with Crippen LogP contribution >= 0.6 is 0 Å². The van der Waals surface area contributed by atoms with Gasteiger partial charge in [0, 0.05) is 38.7 Å². The van der Waals surface area contributed by atoms with Crippen LogP contribution in [0.3, 0.4) is 0 Å². The molecule has 0 unspecified atom stereocenters. The van der Waals surface area contributed by atoms with Crippen molar-refractivity contribution >= 4 is 32.6 Å². The second-order valence-corrected chi connectivity index (χ2v) is 11.8. The minimum Gasteiger partial charge on any atom is -0.309 e. The summed E-state index contributed by atoms with van der Waals surface area (Å²) in [6.07, 6.45) is 0. The van der Waals surface area contributed by atoms with E-state index in [1.807, 2.05) is 36.4 Å². The normalized spacial score (nSPS) is 11.4. The minimum absolute atomic E-state index is 0.704. The zero-order valence-corrected chi connectivity index (χ0v) is 25.6. The van der Waals surface area contributed by atoms with Crippen LogP contribution in [-0.2, 0) is 0 Å². The van der Waals surface area contributed by atoms with Crippen LogP contribution in [0, 0.1) is 0 Å². The van der Waals surface area contributed by atoms with Gasteiger partial charge in [-0.05, 0) is 58.8 Å². The van der Waals surface area contributed by atoms with Gasteiger partial charge in [-0.15, -0.1) is 0 Å². The van der Waals surface area contributed by atoms with E-state index >= 15 is 0 Å². The van der Waals surface area contributed by atoms with Crippen LogP contribution in [0.1, 0.15) is 0 Å². The van der Waals surface area contributed by atoms with Crippen molar-refractivity contribution in [2.75, 3.05) is 0 Å². The predicted octanol–water partition coefficient (Wildman–Crippen LogP) is 11.4. The molecule has 2 aromatic heterocycles. The van der Waals surface area contributed by atoms with Gasteiger partial charge in [-0.3, -0.25) is 0 Å². The van der Waals surface area contributed by atoms with Gasteiger partial charge in [0.25, 0.3) is 0 Å². The Balaban J connectivity index is 1.26. The number of para-hydroxylation sites is 1. The Morgan fingerprint density at radius 1 is 0.383 bits per heavy atom. The summed E-state index contributed by atoms with van der Waals surface area (Å²) in [5.41, 5.74) is 10.8. The molecule has 9 rings (SSSR count). The first-order chi connectivity index (χ1) is 23.3. The number of benzene rings is 7. The maximum Gasteiger partial charge on any atom is 0.160 e. The number of fused-ring (bicyclic) bond motifs is 4. The molecule has 0 aliphatic carbocycles. The molecule has 0 fully saturated rings. The molecule has 0 saturated heterocycles. The second kappa shape index (κ2) is 11.2. The Kier molecular flexibility index (Phi) is 6.46. The Bertz CT molecular complexity index is 2480. The van der Waals surface area contributed by atoms with E-state index in [1.54, 1.807) is 0 Å². The van der Waals surface area contributed by atoms with Crippen molar-refractivity contribution in [3.63, 3.8) is 0 Å². The van der Waals surface area contributed by atoms with E-state index in [0.29, 0.717) is 5.82 Å². The summed E-state index contributed by atoms with van der Waals surface area (Å²) in [4.78, 5) is 10.1. The van der Waals surface area contributed by atoms with E-state index in [9.17, 15) is 0 Å². The highest BCUT2D eigenvalue weighted by atomic mass is 15.0. The maximum atomic E-state index is 5.06. The van der Waals surface area contributed by atoms with Crippen molar-refractivity contribution in [1.29, 1.82) is 0 Å². The summed E-state index contributed by atoms with van der Waals surface area (Å²) in [5, 5.41) is 4.96. The molecule has 0 aliphatic heterocycles. The van der Waals surface area contributed by atoms with Crippen molar-refractivity contribution in [2.45, 2.75) is 0 Å². The highest BCUT2D eigenvalue weighted by molar-refractivity contribution is 6.21. The zero-order valence-electron chi connectivity index (χ0n) is 25.6. The standard InChI is InChI=1S/C44H29N3/c1-4-14-30(15-5-1)39-29-40(31-16-6-2-7-17-31)46-44(45-39)33-24-26-35(27-25-33)47-41-23-13-12-22-37(41)38-28-34-20-10-11-21-36(34)42(43(38)47)32-18-8-3-9-19-32/h1-29H. The number of nitrogens with zero attached hydrogens (tertiary/aromatic N) is 3. The molecule has 0 aliphatic rings. The van der Waals surface area contributed by atoms with Crippen molar-refractivity contribution in [3.8, 4) is 50.7 Å². The molecule has 220 valence electrons. The third-order valence-electron chi connectivity index (χ3n) is 8.99. The van der Waals surface area contributed by atoms with Crippen LogP contribution in [-0.4, -0.2) is 14.5 Å². The first-order valence-corrected chi connectivity index (χ1v) is 15.9. The summed E-state index contributed by atoms with van der Waals surface area (Å²) in [6.45, 7) is 0. The molecule has 0 saturated carbocycles. The fourth-order valence-electron chi connectivity index (χ4n) is 6.81. The largest absolute Gasteiger partial charge is 0.309 e. The first-order valence-electron chi connectivity index (χ1n) is 15.9. The highest BCUT2D eigenvalue weighted by Crippen LogP contribution is 2.42. The number of rotatable bonds is 5. The lowest BCUT2D eigenvalue weighted by Crippen LogP contribution is -1.98. The number of hydrogen-bond donors (Lipinski definition) is 0. The second-order valence-electron chi connectivity index (χ2n) is 11.8. The molecule has 9 aromatic rings. The molecule has 0 spiro atoms. The third kappa shape index (κ3) is 4.68. The number of aromatic nitrogens is 3. The Morgan fingerprint density at radius 3 is 1.55 bits per heavy atom. The fourth-order valence-corrected chi connectivity index (χ4v) is 6.81. The van der Waals surface area contributed by atoms with Gasteiger partial charge in [0.15, 0.2) is 5.82 Å². The molecule has 0 N–H and O–H groups in total. The van der Waals surface area contributed by atoms with E-state index in [1.165, 1.54) is 43.7 Å². The molecule has 0 amide bonds. The van der Waals surface area contributed by atoms with E-state index in [2.05, 4.69) is 144 Å². The van der Waals surface area contributed by atoms with Gasteiger partial charge in [-0.25, -0.2) is 9.97 Å². The topological polar surface area (TPSA) is 30.7 Å². The van der Waals surface area contributed by atoms with Gasteiger partial charge in [-0.2, -0.15) is 0 Å². The fraction of sp³-hybridized carbons (Fsp3) is 0. The highest BCUT2D eigenvalue weighted by Gasteiger charge is 2.19. The molecule has 47 heavy (non-hydrogen) atoms. The van der Waals surface area contributed by atoms with E-state index in [-0.39, 0.29) is 0 Å². The van der Waals surface area contributed by atoms with Gasteiger partial charge in [0.1, 0.15) is 0 Å². The maximum absolute atomic E-state index is 5.06. The molecule has 0 bridgehead atoms. The molecular formula is C44H29N3. The molecule has 0 radical (unpaired) electrons. The van der Waals surface area contributed by atoms with E-state index in [4.69, 9.17) is 9.97 Å². The van der Waals surface area contributed by atoms with Crippen LogP contribution in [0.25, 0.3) is 83.3 Å². The first kappa shape index (κ1) is 27.0. The lowest BCUT2D eigenvalue weighted by molar-refractivity contribution is 1.16. The Morgan fingerprint density at radius 2 is 0.915 bits per heavy atom. The molecule has 3 nitrogen and oxygen atoms in total. The quantitative estimate of drug-likeness (QED) is 0.197. The predicted molar refractivity (Wildman–Crippen MR) is 196 cm³/mol. The zero-order chi connectivity index (χ0) is 31.2. The van der Waals surface area contributed by atoms with Crippen molar-refractivity contribution < 1.29 is 0 Å². The van der Waals surface area contributed by atoms with Gasteiger partial charge in [0.05, 0.1) is 22.4 Å². The Hall–Kier alpha value is -6.32. The smallest absolute Gasteiger partial charge is 0.160 e. The van der Waals surface area contributed by atoms with E-state index in [0.717, 1.165) is 33.8 Å². The van der Waals surface area contributed by atoms with Crippen molar-refractivity contribution in [2.24, 2.45) is 0 Å². The van der Waals surface area contributed by atoms with Crippen LogP contribution in [0.15, 0.2) is 176 Å². The van der Waals surface area contributed by atoms with Crippen molar-refractivity contribution in [3.05, 3.63) is 176 Å². The minimum atomic E-state index is 0.704. The lowest BCUT2D eigenvalue weighted by Gasteiger charge is -2.15. The average Bonchev–Trinajstić information content (AvgIpc) is 3.48. The van der Waals surface area contributed by atoms with Gasteiger partial charge in [-0.1, -0.05) is 133 Å². The number of hydrogen-bond acceptors (Lipinski definition) is 2. The molecule has 0 atom stereocenters. The van der Waals surface area contributed by atoms with Gasteiger partial charge >= 0.3 is 0 Å². The monoisotopic (exact) mass is 599 g/mol. The molecule has 7 aromatic carbocycles. The summed E-state index contributed by atoms with van der Waals surface area (Å²) < 4.78 is 2.42. The Labute approximate surface area is 273 Å². The lowest BCUT2D eigenvalue weighted by atomic mass is 9.95. The van der Waals surface area contributed by atoms with Crippen LogP contribution < -0.4 is 0 Å². The van der Waals surface area contributed by atoms with Crippen LogP contribution in [0.5, 0.6) is 0 Å². The molecule has 2 heterocycles. The van der Waals surface area contributed by atoms with E-state index < -0.39 is 0 Å². The SMILES string of the molecule is c1ccc(-c2cc(-c3ccccc3)nc(-c3ccc(-n4c5ccccc5c5cc6ccccc6c(-c6ccccc6)c54)cc3)n2)cc1. The third-order valence-corrected chi connectivity index (χ3v) is 8.99.